The van der Waals surface area contributed by atoms with Crippen molar-refractivity contribution in [3.63, 3.8) is 0 Å². The van der Waals surface area contributed by atoms with Gasteiger partial charge in [0.2, 0.25) is 0 Å². The average Bonchev–Trinajstić information content (AvgIpc) is 2.62. The molecule has 1 aliphatic heterocycles. The quantitative estimate of drug-likeness (QED) is 0.757. The van der Waals surface area contributed by atoms with E-state index in [9.17, 15) is 0 Å². The summed E-state index contributed by atoms with van der Waals surface area (Å²) < 4.78 is 0. The van der Waals surface area contributed by atoms with Gasteiger partial charge in [0.25, 0.3) is 0 Å². The molecule has 2 aromatic carbocycles. The molecule has 1 aliphatic rings. The molecule has 1 saturated heterocycles. The summed E-state index contributed by atoms with van der Waals surface area (Å²) in [5.41, 5.74) is 5.55. The second-order valence-electron chi connectivity index (χ2n) is 7.47. The van der Waals surface area contributed by atoms with Gasteiger partial charge in [-0.25, -0.2) is 0 Å². The van der Waals surface area contributed by atoms with Gasteiger partial charge in [0.1, 0.15) is 0 Å². The monoisotopic (exact) mass is 322 g/mol. The fourth-order valence-electron chi connectivity index (χ4n) is 3.36. The molecular formula is C22H30N2. The smallest absolute Gasteiger partial charge is 0.0367 e. The molecule has 0 unspecified atom stereocenters. The summed E-state index contributed by atoms with van der Waals surface area (Å²) in [5, 5.41) is 0. The Kier molecular flexibility index (Phi) is 5.13. The Labute approximate surface area is 147 Å². The van der Waals surface area contributed by atoms with Crippen molar-refractivity contribution in [2.75, 3.05) is 36.0 Å². The third-order valence-electron chi connectivity index (χ3n) is 5.13. The zero-order chi connectivity index (χ0) is 17.1. The van der Waals surface area contributed by atoms with Gasteiger partial charge in [0.15, 0.2) is 0 Å². The molecule has 0 atom stereocenters. The lowest BCUT2D eigenvalue weighted by atomic mass is 10.0. The van der Waals surface area contributed by atoms with Crippen molar-refractivity contribution in [2.24, 2.45) is 0 Å². The van der Waals surface area contributed by atoms with Crippen LogP contribution >= 0.6 is 0 Å². The van der Waals surface area contributed by atoms with Crippen LogP contribution in [0.15, 0.2) is 48.5 Å². The zero-order valence-electron chi connectivity index (χ0n) is 15.5. The zero-order valence-corrected chi connectivity index (χ0v) is 15.5. The molecule has 0 aliphatic carbocycles. The molecule has 0 N–H and O–H groups in total. The SMILES string of the molecule is CC(C)c1ccc(N2CCN(c3ccc(C(C)C)cc3)CC2)cc1. The van der Waals surface area contributed by atoms with Gasteiger partial charge >= 0.3 is 0 Å². The Morgan fingerprint density at radius 2 is 0.833 bits per heavy atom. The van der Waals surface area contributed by atoms with Crippen LogP contribution in [0.4, 0.5) is 11.4 Å². The lowest BCUT2D eigenvalue weighted by Crippen LogP contribution is -2.46. The third kappa shape index (κ3) is 3.75. The van der Waals surface area contributed by atoms with E-state index in [4.69, 9.17) is 0 Å². The Bertz CT molecular complexity index is 573. The van der Waals surface area contributed by atoms with E-state index in [2.05, 4.69) is 86.0 Å². The van der Waals surface area contributed by atoms with E-state index >= 15 is 0 Å². The first kappa shape index (κ1) is 16.9. The van der Waals surface area contributed by atoms with Gasteiger partial charge < -0.3 is 9.80 Å². The minimum absolute atomic E-state index is 0.602. The lowest BCUT2D eigenvalue weighted by molar-refractivity contribution is 0.653. The van der Waals surface area contributed by atoms with Crippen LogP contribution in [0.3, 0.4) is 0 Å². The topological polar surface area (TPSA) is 6.48 Å². The summed E-state index contributed by atoms with van der Waals surface area (Å²) >= 11 is 0. The normalized spacial score (nSPS) is 15.4. The summed E-state index contributed by atoms with van der Waals surface area (Å²) in [5.74, 6) is 1.20. The molecule has 2 nitrogen and oxygen atoms in total. The minimum Gasteiger partial charge on any atom is -0.368 e. The number of rotatable bonds is 4. The Hall–Kier alpha value is -1.96. The van der Waals surface area contributed by atoms with Gasteiger partial charge in [-0.3, -0.25) is 0 Å². The molecule has 1 heterocycles. The molecule has 2 aromatic rings. The van der Waals surface area contributed by atoms with Crippen molar-refractivity contribution in [1.29, 1.82) is 0 Å². The van der Waals surface area contributed by atoms with Crippen LogP contribution in [0.1, 0.15) is 50.7 Å². The van der Waals surface area contributed by atoms with Crippen molar-refractivity contribution >= 4 is 11.4 Å². The van der Waals surface area contributed by atoms with Crippen molar-refractivity contribution in [3.8, 4) is 0 Å². The number of hydrogen-bond acceptors (Lipinski definition) is 2. The number of anilines is 2. The van der Waals surface area contributed by atoms with Gasteiger partial charge in [-0.2, -0.15) is 0 Å². The van der Waals surface area contributed by atoms with Gasteiger partial charge in [-0.1, -0.05) is 52.0 Å². The van der Waals surface area contributed by atoms with E-state index in [0.717, 1.165) is 26.2 Å². The van der Waals surface area contributed by atoms with Gasteiger partial charge in [0, 0.05) is 37.6 Å². The fourth-order valence-corrected chi connectivity index (χ4v) is 3.36. The van der Waals surface area contributed by atoms with Crippen LogP contribution in [0.25, 0.3) is 0 Å². The van der Waals surface area contributed by atoms with Gasteiger partial charge in [0.05, 0.1) is 0 Å². The van der Waals surface area contributed by atoms with Crippen LogP contribution in [-0.4, -0.2) is 26.2 Å². The highest BCUT2D eigenvalue weighted by Crippen LogP contribution is 2.24. The van der Waals surface area contributed by atoms with Gasteiger partial charge in [-0.15, -0.1) is 0 Å². The summed E-state index contributed by atoms with van der Waals surface area (Å²) in [6.45, 7) is 13.4. The summed E-state index contributed by atoms with van der Waals surface area (Å²) in [6.07, 6.45) is 0. The van der Waals surface area contributed by atoms with Crippen LogP contribution < -0.4 is 9.80 Å². The second-order valence-corrected chi connectivity index (χ2v) is 7.47. The fraction of sp³-hybridized carbons (Fsp3) is 0.455. The maximum atomic E-state index is 2.50. The lowest BCUT2D eigenvalue weighted by Gasteiger charge is -2.37. The van der Waals surface area contributed by atoms with E-state index in [1.807, 2.05) is 0 Å². The number of nitrogens with zero attached hydrogens (tertiary/aromatic N) is 2. The van der Waals surface area contributed by atoms with E-state index in [1.165, 1.54) is 22.5 Å². The molecule has 0 spiro atoms. The van der Waals surface area contributed by atoms with Crippen molar-refractivity contribution in [1.82, 2.24) is 0 Å². The third-order valence-corrected chi connectivity index (χ3v) is 5.13. The molecule has 0 saturated carbocycles. The maximum Gasteiger partial charge on any atom is 0.0367 e. The highest BCUT2D eigenvalue weighted by molar-refractivity contribution is 5.53. The molecular weight excluding hydrogens is 292 g/mol. The highest BCUT2D eigenvalue weighted by atomic mass is 15.3. The molecule has 0 radical (unpaired) electrons. The Balaban J connectivity index is 1.61. The van der Waals surface area contributed by atoms with E-state index < -0.39 is 0 Å². The molecule has 128 valence electrons. The molecule has 1 fully saturated rings. The standard InChI is InChI=1S/C22H30N2/c1-17(2)19-5-9-21(10-6-19)23-13-15-24(16-14-23)22-11-7-20(8-12-22)18(3)4/h5-12,17-18H,13-16H2,1-4H3. The number of hydrogen-bond donors (Lipinski definition) is 0. The summed E-state index contributed by atoms with van der Waals surface area (Å²) in [6, 6.07) is 18.2. The highest BCUT2D eigenvalue weighted by Gasteiger charge is 2.17. The van der Waals surface area contributed by atoms with E-state index in [1.54, 1.807) is 0 Å². The number of piperazine rings is 1. The van der Waals surface area contributed by atoms with Crippen LogP contribution in [0.2, 0.25) is 0 Å². The first-order chi connectivity index (χ1) is 11.5. The molecule has 0 amide bonds. The largest absolute Gasteiger partial charge is 0.368 e. The van der Waals surface area contributed by atoms with Crippen molar-refractivity contribution in [2.45, 2.75) is 39.5 Å². The average molecular weight is 322 g/mol. The molecule has 0 bridgehead atoms. The Morgan fingerprint density at radius 3 is 1.08 bits per heavy atom. The molecule has 2 heteroatoms. The van der Waals surface area contributed by atoms with Gasteiger partial charge in [-0.05, 0) is 47.2 Å². The first-order valence-corrected chi connectivity index (χ1v) is 9.24. The van der Waals surface area contributed by atoms with Crippen LogP contribution in [0, 0.1) is 0 Å². The van der Waals surface area contributed by atoms with E-state index in [-0.39, 0.29) is 0 Å². The van der Waals surface area contributed by atoms with Crippen molar-refractivity contribution in [3.05, 3.63) is 59.7 Å². The molecule has 3 rings (SSSR count). The Morgan fingerprint density at radius 1 is 0.542 bits per heavy atom. The summed E-state index contributed by atoms with van der Waals surface area (Å²) in [7, 11) is 0. The molecule has 0 aromatic heterocycles. The van der Waals surface area contributed by atoms with Crippen LogP contribution in [0.5, 0.6) is 0 Å². The maximum absolute atomic E-state index is 2.50. The van der Waals surface area contributed by atoms with E-state index in [0.29, 0.717) is 11.8 Å². The predicted octanol–water partition coefficient (Wildman–Crippen LogP) is 5.26. The molecule has 24 heavy (non-hydrogen) atoms. The number of benzene rings is 2. The second kappa shape index (κ2) is 7.29. The predicted molar refractivity (Wildman–Crippen MR) is 105 cm³/mol. The van der Waals surface area contributed by atoms with Crippen molar-refractivity contribution < 1.29 is 0 Å². The minimum atomic E-state index is 0.602. The first-order valence-electron chi connectivity index (χ1n) is 9.24. The van der Waals surface area contributed by atoms with Crippen LogP contribution in [-0.2, 0) is 0 Å². The summed E-state index contributed by atoms with van der Waals surface area (Å²) in [4.78, 5) is 5.01.